The lowest BCUT2D eigenvalue weighted by Gasteiger charge is -2.26. The van der Waals surface area contributed by atoms with Crippen LogP contribution in [0.15, 0.2) is 48.5 Å². The van der Waals surface area contributed by atoms with E-state index in [1.165, 1.54) is 0 Å². The van der Waals surface area contributed by atoms with Crippen molar-refractivity contribution in [1.29, 1.82) is 0 Å². The van der Waals surface area contributed by atoms with Crippen molar-refractivity contribution in [3.05, 3.63) is 59.7 Å². The van der Waals surface area contributed by atoms with Gasteiger partial charge in [0.25, 0.3) is 0 Å². The SMILES string of the molecule is COc1ccc(CO[Si](C)(CCCl)OCc2ccc(OC)cc2)cc1. The van der Waals surface area contributed by atoms with Crippen LogP contribution in [0.1, 0.15) is 11.1 Å². The smallest absolute Gasteiger partial charge is 0.336 e. The first-order valence-corrected chi connectivity index (χ1v) is 11.2. The largest absolute Gasteiger partial charge is 0.497 e. The number of halogens is 1. The molecule has 0 fully saturated rings. The summed E-state index contributed by atoms with van der Waals surface area (Å²) in [6.45, 7) is 3.07. The molecule has 6 heteroatoms. The third-order valence-corrected chi connectivity index (χ3v) is 7.13. The fraction of sp³-hybridized carbons (Fsp3) is 0.368. The molecular weight excluding hydrogens is 356 g/mol. The zero-order chi connectivity index (χ0) is 18.1. The molecule has 0 amide bonds. The zero-order valence-electron chi connectivity index (χ0n) is 15.0. The van der Waals surface area contributed by atoms with E-state index in [-0.39, 0.29) is 0 Å². The maximum atomic E-state index is 6.16. The zero-order valence-corrected chi connectivity index (χ0v) is 16.7. The van der Waals surface area contributed by atoms with Gasteiger partial charge in [-0.15, -0.1) is 11.6 Å². The van der Waals surface area contributed by atoms with Gasteiger partial charge in [-0.1, -0.05) is 24.3 Å². The van der Waals surface area contributed by atoms with Crippen LogP contribution in [0, 0.1) is 0 Å². The van der Waals surface area contributed by atoms with Gasteiger partial charge in [0.05, 0.1) is 27.4 Å². The molecule has 0 aliphatic rings. The first-order valence-electron chi connectivity index (χ1n) is 8.18. The Hall–Kier alpha value is -1.53. The second-order valence-electron chi connectivity index (χ2n) is 5.85. The van der Waals surface area contributed by atoms with E-state index in [1.54, 1.807) is 14.2 Å². The second kappa shape index (κ2) is 9.82. The van der Waals surface area contributed by atoms with Crippen LogP contribution in [0.4, 0.5) is 0 Å². The third-order valence-electron chi connectivity index (χ3n) is 3.96. The molecule has 0 heterocycles. The quantitative estimate of drug-likeness (QED) is 0.440. The van der Waals surface area contributed by atoms with E-state index in [9.17, 15) is 0 Å². The maximum absolute atomic E-state index is 6.16. The van der Waals surface area contributed by atoms with E-state index in [2.05, 4.69) is 6.55 Å². The molecule has 0 saturated carbocycles. The highest BCUT2D eigenvalue weighted by Gasteiger charge is 2.31. The summed E-state index contributed by atoms with van der Waals surface area (Å²) in [6, 6.07) is 16.4. The fourth-order valence-electron chi connectivity index (χ4n) is 2.27. The van der Waals surface area contributed by atoms with E-state index in [0.29, 0.717) is 19.1 Å². The number of hydrogen-bond acceptors (Lipinski definition) is 4. The predicted molar refractivity (Wildman–Crippen MR) is 103 cm³/mol. The topological polar surface area (TPSA) is 36.9 Å². The van der Waals surface area contributed by atoms with E-state index < -0.39 is 8.56 Å². The van der Waals surface area contributed by atoms with Crippen LogP contribution in [0.2, 0.25) is 12.6 Å². The van der Waals surface area contributed by atoms with Crippen LogP contribution < -0.4 is 9.47 Å². The Morgan fingerprint density at radius 3 is 1.48 bits per heavy atom. The van der Waals surface area contributed by atoms with Crippen molar-refractivity contribution < 1.29 is 18.3 Å². The number of hydrogen-bond donors (Lipinski definition) is 0. The summed E-state index contributed by atoms with van der Waals surface area (Å²) >= 11 is 5.97. The van der Waals surface area contributed by atoms with Gasteiger partial charge in [0.1, 0.15) is 11.5 Å². The normalized spacial score (nSPS) is 11.4. The Kier molecular flexibility index (Phi) is 7.77. The van der Waals surface area contributed by atoms with Gasteiger partial charge in [-0.2, -0.15) is 0 Å². The first kappa shape index (κ1) is 19.8. The van der Waals surface area contributed by atoms with Crippen LogP contribution in [0.3, 0.4) is 0 Å². The van der Waals surface area contributed by atoms with Crippen molar-refractivity contribution in [1.82, 2.24) is 0 Å². The molecule has 2 rings (SSSR count). The molecule has 0 N–H and O–H groups in total. The molecule has 136 valence electrons. The van der Waals surface area contributed by atoms with Gasteiger partial charge in [0.2, 0.25) is 0 Å². The molecule has 0 unspecified atom stereocenters. The first-order chi connectivity index (χ1) is 12.1. The lowest BCUT2D eigenvalue weighted by atomic mass is 10.2. The highest BCUT2D eigenvalue weighted by Crippen LogP contribution is 2.21. The minimum absolute atomic E-state index is 0.506. The third kappa shape index (κ3) is 6.36. The Labute approximate surface area is 155 Å². The molecule has 25 heavy (non-hydrogen) atoms. The molecule has 0 aliphatic carbocycles. The summed E-state index contributed by atoms with van der Waals surface area (Å²) in [5.41, 5.74) is 2.17. The molecular formula is C19H25ClO4Si. The molecule has 2 aromatic rings. The Balaban J connectivity index is 1.93. The van der Waals surface area contributed by atoms with Gasteiger partial charge in [-0.3, -0.25) is 0 Å². The van der Waals surface area contributed by atoms with Crippen molar-refractivity contribution in [2.45, 2.75) is 25.8 Å². The molecule has 4 nitrogen and oxygen atoms in total. The number of alkyl halides is 1. The standard InChI is InChI=1S/C19H25ClO4Si/c1-21-18-8-4-16(5-9-18)14-23-25(3,13-12-20)24-15-17-6-10-19(22-2)11-7-17/h4-11H,12-15H2,1-3H3. The second-order valence-corrected chi connectivity index (χ2v) is 9.57. The average Bonchev–Trinajstić information content (AvgIpc) is 2.66. The van der Waals surface area contributed by atoms with Gasteiger partial charge in [0, 0.05) is 11.9 Å². The predicted octanol–water partition coefficient (Wildman–Crippen LogP) is 4.75. The molecule has 0 aromatic heterocycles. The number of rotatable bonds is 10. The maximum Gasteiger partial charge on any atom is 0.336 e. The van der Waals surface area contributed by atoms with Crippen molar-refractivity contribution in [3.63, 3.8) is 0 Å². The average molecular weight is 381 g/mol. The van der Waals surface area contributed by atoms with Crippen LogP contribution in [-0.4, -0.2) is 28.7 Å². The van der Waals surface area contributed by atoms with E-state index in [4.69, 9.17) is 29.9 Å². The lowest BCUT2D eigenvalue weighted by Crippen LogP contribution is -2.38. The van der Waals surface area contributed by atoms with Crippen molar-refractivity contribution >= 4 is 20.2 Å². The molecule has 0 spiro atoms. The lowest BCUT2D eigenvalue weighted by molar-refractivity contribution is 0.159. The summed E-state index contributed by atoms with van der Waals surface area (Å²) in [5, 5.41) is 0. The summed E-state index contributed by atoms with van der Waals surface area (Å²) in [4.78, 5) is 0. The monoisotopic (exact) mass is 380 g/mol. The van der Waals surface area contributed by atoms with Crippen LogP contribution >= 0.6 is 11.6 Å². The summed E-state index contributed by atoms with van der Waals surface area (Å²) in [6.07, 6.45) is 0. The Morgan fingerprint density at radius 2 is 1.16 bits per heavy atom. The van der Waals surface area contributed by atoms with Crippen molar-refractivity contribution in [3.8, 4) is 11.5 Å². The van der Waals surface area contributed by atoms with Gasteiger partial charge >= 0.3 is 8.56 Å². The fourth-order valence-corrected chi connectivity index (χ4v) is 4.96. The van der Waals surface area contributed by atoms with E-state index >= 15 is 0 Å². The molecule has 0 radical (unpaired) electrons. The summed E-state index contributed by atoms with van der Waals surface area (Å²) in [7, 11) is 0.958. The highest BCUT2D eigenvalue weighted by molar-refractivity contribution is 6.66. The van der Waals surface area contributed by atoms with E-state index in [0.717, 1.165) is 28.7 Å². The van der Waals surface area contributed by atoms with Gasteiger partial charge in [-0.25, -0.2) is 0 Å². The number of ether oxygens (including phenoxy) is 2. The Morgan fingerprint density at radius 1 is 0.760 bits per heavy atom. The molecule has 0 atom stereocenters. The minimum Gasteiger partial charge on any atom is -0.497 e. The number of benzene rings is 2. The van der Waals surface area contributed by atoms with Crippen LogP contribution in [-0.2, 0) is 22.1 Å². The minimum atomic E-state index is -2.35. The van der Waals surface area contributed by atoms with E-state index in [1.807, 2.05) is 48.5 Å². The summed E-state index contributed by atoms with van der Waals surface area (Å²) in [5.74, 6) is 2.19. The van der Waals surface area contributed by atoms with Crippen molar-refractivity contribution in [2.24, 2.45) is 0 Å². The number of methoxy groups -OCH3 is 2. The van der Waals surface area contributed by atoms with Crippen LogP contribution in [0.5, 0.6) is 11.5 Å². The van der Waals surface area contributed by atoms with Gasteiger partial charge in [0.15, 0.2) is 0 Å². The van der Waals surface area contributed by atoms with Crippen LogP contribution in [0.25, 0.3) is 0 Å². The van der Waals surface area contributed by atoms with Gasteiger partial charge in [-0.05, 0) is 41.9 Å². The molecule has 0 saturated heterocycles. The van der Waals surface area contributed by atoms with Gasteiger partial charge < -0.3 is 18.3 Å². The Bertz CT molecular complexity index is 579. The molecule has 0 aliphatic heterocycles. The molecule has 0 bridgehead atoms. The summed E-state index contributed by atoms with van der Waals surface area (Å²) < 4.78 is 22.7. The highest BCUT2D eigenvalue weighted by atomic mass is 35.5. The molecule has 2 aromatic carbocycles. The van der Waals surface area contributed by atoms with Crippen molar-refractivity contribution in [2.75, 3.05) is 20.1 Å².